The van der Waals surface area contributed by atoms with E-state index in [2.05, 4.69) is 6.58 Å². The molecule has 0 bridgehead atoms. The minimum absolute atomic E-state index is 0.291. The first-order valence-corrected chi connectivity index (χ1v) is 6.28. The summed E-state index contributed by atoms with van der Waals surface area (Å²) < 4.78 is 17.0. The van der Waals surface area contributed by atoms with Crippen molar-refractivity contribution in [3.05, 3.63) is 12.2 Å². The Bertz CT molecular complexity index is 296. The van der Waals surface area contributed by atoms with E-state index in [9.17, 15) is 4.79 Å². The number of hydrogen-bond acceptors (Lipinski definition) is 4. The van der Waals surface area contributed by atoms with Crippen LogP contribution in [0.5, 0.6) is 0 Å². The van der Waals surface area contributed by atoms with E-state index < -0.39 is 5.79 Å². The highest BCUT2D eigenvalue weighted by molar-refractivity contribution is 5.87. The lowest BCUT2D eigenvalue weighted by Gasteiger charge is -2.44. The molecule has 0 amide bonds. The second-order valence-corrected chi connectivity index (χ2v) is 4.78. The first kappa shape index (κ1) is 12.6. The second-order valence-electron chi connectivity index (χ2n) is 4.78. The van der Waals surface area contributed by atoms with E-state index in [1.54, 1.807) is 6.92 Å². The quantitative estimate of drug-likeness (QED) is 0.548. The van der Waals surface area contributed by atoms with Crippen LogP contribution in [0.4, 0.5) is 0 Å². The summed E-state index contributed by atoms with van der Waals surface area (Å²) in [4.78, 5) is 11.6. The van der Waals surface area contributed by atoms with Crippen LogP contribution in [-0.4, -0.2) is 31.1 Å². The van der Waals surface area contributed by atoms with Crippen molar-refractivity contribution in [3.63, 3.8) is 0 Å². The highest BCUT2D eigenvalue weighted by atomic mass is 16.7. The Morgan fingerprint density at radius 3 is 2.65 bits per heavy atom. The Balaban J connectivity index is 2.06. The van der Waals surface area contributed by atoms with Crippen LogP contribution in [0.2, 0.25) is 0 Å². The average molecular weight is 240 g/mol. The van der Waals surface area contributed by atoms with Crippen molar-refractivity contribution in [2.75, 3.05) is 13.2 Å². The zero-order valence-electron chi connectivity index (χ0n) is 10.4. The Morgan fingerprint density at radius 1 is 1.29 bits per heavy atom. The van der Waals surface area contributed by atoms with Gasteiger partial charge in [-0.25, -0.2) is 4.79 Å². The lowest BCUT2D eigenvalue weighted by Crippen LogP contribution is -2.53. The van der Waals surface area contributed by atoms with Crippen LogP contribution in [0.1, 0.15) is 39.0 Å². The number of hydrogen-bond donors (Lipinski definition) is 0. The SMILES string of the molecule is C=C(C)C(=O)OC1CCCCC12OCCCO2. The molecule has 0 N–H and O–H groups in total. The molecule has 2 rings (SSSR count). The minimum atomic E-state index is -0.693. The number of carbonyl (C=O) groups excluding carboxylic acids is 1. The summed E-state index contributed by atoms with van der Waals surface area (Å²) >= 11 is 0. The van der Waals surface area contributed by atoms with Gasteiger partial charge >= 0.3 is 5.97 Å². The van der Waals surface area contributed by atoms with E-state index in [4.69, 9.17) is 14.2 Å². The third-order valence-electron chi connectivity index (χ3n) is 3.31. The summed E-state index contributed by atoms with van der Waals surface area (Å²) in [6.07, 6.45) is 4.33. The molecule has 1 unspecified atom stereocenters. The van der Waals surface area contributed by atoms with Gasteiger partial charge in [0.2, 0.25) is 5.79 Å². The van der Waals surface area contributed by atoms with Crippen LogP contribution in [0, 0.1) is 0 Å². The van der Waals surface area contributed by atoms with Gasteiger partial charge in [0.1, 0.15) is 0 Å². The highest BCUT2D eigenvalue weighted by Gasteiger charge is 2.47. The van der Waals surface area contributed by atoms with Crippen molar-refractivity contribution in [1.82, 2.24) is 0 Å². The normalized spacial score (nSPS) is 27.7. The van der Waals surface area contributed by atoms with Gasteiger partial charge in [-0.3, -0.25) is 0 Å². The number of carbonyl (C=O) groups is 1. The van der Waals surface area contributed by atoms with Crippen LogP contribution >= 0.6 is 0 Å². The van der Waals surface area contributed by atoms with Crippen molar-refractivity contribution in [3.8, 4) is 0 Å². The van der Waals surface area contributed by atoms with E-state index >= 15 is 0 Å². The van der Waals surface area contributed by atoms with E-state index in [0.29, 0.717) is 18.8 Å². The predicted octanol–water partition coefficient (Wildman–Crippen LogP) is 2.18. The van der Waals surface area contributed by atoms with E-state index in [1.807, 2.05) is 0 Å². The number of esters is 1. The maximum Gasteiger partial charge on any atom is 0.333 e. The maximum absolute atomic E-state index is 11.6. The largest absolute Gasteiger partial charge is 0.453 e. The molecule has 2 fully saturated rings. The molecule has 1 atom stereocenters. The molecule has 0 aromatic carbocycles. The molecule has 1 saturated heterocycles. The van der Waals surface area contributed by atoms with Crippen molar-refractivity contribution in [2.24, 2.45) is 0 Å². The van der Waals surface area contributed by atoms with Gasteiger partial charge in [-0.15, -0.1) is 0 Å². The van der Waals surface area contributed by atoms with Gasteiger partial charge < -0.3 is 14.2 Å². The van der Waals surface area contributed by atoms with Crippen molar-refractivity contribution >= 4 is 5.97 Å². The zero-order chi connectivity index (χ0) is 12.3. The van der Waals surface area contributed by atoms with Gasteiger partial charge in [0.05, 0.1) is 13.2 Å². The van der Waals surface area contributed by atoms with Crippen LogP contribution in [0.15, 0.2) is 12.2 Å². The molecule has 1 aliphatic carbocycles. The van der Waals surface area contributed by atoms with Crippen molar-refractivity contribution in [1.29, 1.82) is 0 Å². The van der Waals surface area contributed by atoms with Gasteiger partial charge in [-0.1, -0.05) is 6.58 Å². The third kappa shape index (κ3) is 2.69. The fraction of sp³-hybridized carbons (Fsp3) is 0.769. The first-order valence-electron chi connectivity index (χ1n) is 6.28. The molecular weight excluding hydrogens is 220 g/mol. The van der Waals surface area contributed by atoms with Crippen LogP contribution in [0.25, 0.3) is 0 Å². The van der Waals surface area contributed by atoms with Gasteiger partial charge in [0.25, 0.3) is 0 Å². The van der Waals surface area contributed by atoms with Gasteiger partial charge in [-0.2, -0.15) is 0 Å². The number of ether oxygens (including phenoxy) is 3. The fourth-order valence-corrected chi connectivity index (χ4v) is 2.38. The molecule has 96 valence electrons. The Hall–Kier alpha value is -0.870. The minimum Gasteiger partial charge on any atom is -0.453 e. The molecule has 4 nitrogen and oxygen atoms in total. The molecule has 0 aromatic rings. The van der Waals surface area contributed by atoms with Crippen LogP contribution in [0.3, 0.4) is 0 Å². The average Bonchev–Trinajstić information content (AvgIpc) is 2.33. The third-order valence-corrected chi connectivity index (χ3v) is 3.31. The molecular formula is C13H20O4. The molecule has 0 radical (unpaired) electrons. The standard InChI is InChI=1S/C13H20O4/c1-10(2)12(14)17-11-6-3-4-7-13(11)15-8-5-9-16-13/h11H,1,3-9H2,2H3. The van der Waals surface area contributed by atoms with Gasteiger partial charge in [0.15, 0.2) is 6.10 Å². The van der Waals surface area contributed by atoms with Gasteiger partial charge in [0, 0.05) is 12.0 Å². The molecule has 1 heterocycles. The molecule has 0 aromatic heterocycles. The van der Waals surface area contributed by atoms with Crippen LogP contribution < -0.4 is 0 Å². The summed E-state index contributed by atoms with van der Waals surface area (Å²) in [5, 5.41) is 0. The van der Waals surface area contributed by atoms with E-state index in [0.717, 1.165) is 32.1 Å². The molecule has 1 aliphatic heterocycles. The first-order chi connectivity index (χ1) is 8.14. The van der Waals surface area contributed by atoms with E-state index in [1.165, 1.54) is 0 Å². The zero-order valence-corrected chi connectivity index (χ0v) is 10.4. The predicted molar refractivity (Wildman–Crippen MR) is 62.4 cm³/mol. The highest BCUT2D eigenvalue weighted by Crippen LogP contribution is 2.37. The van der Waals surface area contributed by atoms with Crippen molar-refractivity contribution < 1.29 is 19.0 Å². The molecule has 4 heteroatoms. The fourth-order valence-electron chi connectivity index (χ4n) is 2.38. The lowest BCUT2D eigenvalue weighted by molar-refractivity contribution is -0.320. The molecule has 1 spiro atoms. The summed E-state index contributed by atoms with van der Waals surface area (Å²) in [5.74, 6) is -1.05. The van der Waals surface area contributed by atoms with Crippen LogP contribution in [-0.2, 0) is 19.0 Å². The molecule has 1 saturated carbocycles. The Morgan fingerprint density at radius 2 is 2.00 bits per heavy atom. The monoisotopic (exact) mass is 240 g/mol. The molecule has 2 aliphatic rings. The Kier molecular flexibility index (Phi) is 3.84. The topological polar surface area (TPSA) is 44.8 Å². The van der Waals surface area contributed by atoms with Gasteiger partial charge in [-0.05, 0) is 32.6 Å². The summed E-state index contributed by atoms with van der Waals surface area (Å²) in [6.45, 7) is 6.61. The Labute approximate surface area is 102 Å². The second kappa shape index (κ2) is 5.19. The number of rotatable bonds is 2. The summed E-state index contributed by atoms with van der Waals surface area (Å²) in [5.41, 5.74) is 0.418. The smallest absolute Gasteiger partial charge is 0.333 e. The molecule has 17 heavy (non-hydrogen) atoms. The summed E-state index contributed by atoms with van der Waals surface area (Å²) in [6, 6.07) is 0. The lowest BCUT2D eigenvalue weighted by atomic mass is 9.90. The van der Waals surface area contributed by atoms with Crippen molar-refractivity contribution in [2.45, 2.75) is 50.9 Å². The maximum atomic E-state index is 11.6. The van der Waals surface area contributed by atoms with E-state index in [-0.39, 0.29) is 12.1 Å². The summed E-state index contributed by atoms with van der Waals surface area (Å²) in [7, 11) is 0.